The summed E-state index contributed by atoms with van der Waals surface area (Å²) in [4.78, 5) is 12.3. The van der Waals surface area contributed by atoms with Gasteiger partial charge in [-0.15, -0.1) is 10.2 Å². The molecule has 0 radical (unpaired) electrons. The predicted molar refractivity (Wildman–Crippen MR) is 105 cm³/mol. The van der Waals surface area contributed by atoms with E-state index in [9.17, 15) is 9.90 Å². The fourth-order valence-corrected chi connectivity index (χ4v) is 3.08. The Bertz CT molecular complexity index is 1010. The number of rotatable bonds is 6. The van der Waals surface area contributed by atoms with Crippen molar-refractivity contribution in [3.8, 4) is 5.88 Å². The highest BCUT2D eigenvalue weighted by atomic mass is 35.5. The number of halogens is 2. The number of amides is 1. The van der Waals surface area contributed by atoms with Gasteiger partial charge in [0.15, 0.2) is 5.69 Å². The molecule has 0 bridgehead atoms. The van der Waals surface area contributed by atoms with Crippen LogP contribution >= 0.6 is 23.2 Å². The average molecular weight is 406 g/mol. The van der Waals surface area contributed by atoms with E-state index in [1.807, 2.05) is 25.1 Å². The van der Waals surface area contributed by atoms with E-state index in [0.717, 1.165) is 5.52 Å². The number of aromatic hydroxyl groups is 1. The predicted octanol–water partition coefficient (Wildman–Crippen LogP) is 5.61. The van der Waals surface area contributed by atoms with E-state index in [1.54, 1.807) is 16.7 Å². The minimum absolute atomic E-state index is 0.0790. The number of nitrogens with zero attached hydrogens (tertiary/aromatic N) is 3. The Balaban J connectivity index is 1.96. The van der Waals surface area contributed by atoms with Gasteiger partial charge in [0, 0.05) is 23.6 Å². The number of carbonyl (C=O) groups is 1. The van der Waals surface area contributed by atoms with Gasteiger partial charge in [-0.05, 0) is 31.2 Å². The molecule has 0 aliphatic rings. The highest BCUT2D eigenvalue weighted by molar-refractivity contribution is 6.35. The first kappa shape index (κ1) is 19.4. The highest BCUT2D eigenvalue weighted by Crippen LogP contribution is 2.38. The van der Waals surface area contributed by atoms with Gasteiger partial charge < -0.3 is 14.4 Å². The first-order chi connectivity index (χ1) is 13.0. The fourth-order valence-electron chi connectivity index (χ4n) is 2.71. The first-order valence-corrected chi connectivity index (χ1v) is 9.07. The fraction of sp³-hybridized carbons (Fsp3) is 0.211. The summed E-state index contributed by atoms with van der Waals surface area (Å²) in [6.45, 7) is 3.38. The Hall–Kier alpha value is -2.41. The molecule has 140 valence electrons. The summed E-state index contributed by atoms with van der Waals surface area (Å²) in [6.07, 6.45) is 0. The summed E-state index contributed by atoms with van der Waals surface area (Å²) >= 11 is 11.9. The number of carbonyl (C=O) groups excluding carboxylic acids is 1. The molecule has 1 heterocycles. The summed E-state index contributed by atoms with van der Waals surface area (Å²) in [6, 6.07) is 11.9. The number of hydrogen-bond donors (Lipinski definition) is 1. The zero-order chi connectivity index (χ0) is 19.4. The lowest BCUT2D eigenvalue weighted by molar-refractivity contribution is 0.0995. The molecule has 0 spiro atoms. The molecule has 0 unspecified atom stereocenters. The Morgan fingerprint density at radius 1 is 1.22 bits per heavy atom. The van der Waals surface area contributed by atoms with Crippen molar-refractivity contribution >= 4 is 45.7 Å². The van der Waals surface area contributed by atoms with Gasteiger partial charge in [0.2, 0.25) is 5.88 Å². The molecule has 1 N–H and O–H groups in total. The minimum Gasteiger partial charge on any atom is -0.493 e. The molecule has 2 aromatic carbocycles. The first-order valence-electron chi connectivity index (χ1n) is 8.32. The average Bonchev–Trinajstić information content (AvgIpc) is 2.93. The molecule has 0 atom stereocenters. The smallest absolute Gasteiger partial charge is 0.296 e. The van der Waals surface area contributed by atoms with E-state index in [0.29, 0.717) is 30.2 Å². The van der Waals surface area contributed by atoms with Crippen molar-refractivity contribution in [3.05, 3.63) is 58.1 Å². The zero-order valence-electron chi connectivity index (χ0n) is 14.5. The SMILES string of the molecule is CCOCCn1c(O)c(N=NC(=O)c2cc(Cl)ccc2Cl)c2ccccc21. The second-order valence-electron chi connectivity index (χ2n) is 5.67. The van der Waals surface area contributed by atoms with E-state index < -0.39 is 5.91 Å². The Kier molecular flexibility index (Phi) is 6.11. The lowest BCUT2D eigenvalue weighted by atomic mass is 10.2. The van der Waals surface area contributed by atoms with Gasteiger partial charge in [0.1, 0.15) is 0 Å². The molecular weight excluding hydrogens is 389 g/mol. The number of hydrogen-bond acceptors (Lipinski definition) is 4. The molecule has 1 amide bonds. The quantitative estimate of drug-likeness (QED) is 0.427. The lowest BCUT2D eigenvalue weighted by Crippen LogP contribution is -2.05. The molecule has 8 heteroatoms. The van der Waals surface area contributed by atoms with E-state index in [1.165, 1.54) is 12.1 Å². The van der Waals surface area contributed by atoms with Crippen LogP contribution in [-0.4, -0.2) is 28.8 Å². The molecule has 27 heavy (non-hydrogen) atoms. The van der Waals surface area contributed by atoms with Crippen molar-refractivity contribution in [3.63, 3.8) is 0 Å². The van der Waals surface area contributed by atoms with Crippen LogP contribution in [0.1, 0.15) is 17.3 Å². The van der Waals surface area contributed by atoms with Gasteiger partial charge >= 0.3 is 0 Å². The lowest BCUT2D eigenvalue weighted by Gasteiger charge is -2.06. The zero-order valence-corrected chi connectivity index (χ0v) is 16.0. The van der Waals surface area contributed by atoms with E-state index in [2.05, 4.69) is 10.2 Å². The van der Waals surface area contributed by atoms with Crippen LogP contribution < -0.4 is 0 Å². The second kappa shape index (κ2) is 8.52. The molecular formula is C19H17Cl2N3O3. The maximum atomic E-state index is 12.3. The number of para-hydroxylation sites is 1. The largest absolute Gasteiger partial charge is 0.493 e. The molecule has 0 saturated heterocycles. The third kappa shape index (κ3) is 4.13. The van der Waals surface area contributed by atoms with Crippen LogP contribution in [0, 0.1) is 0 Å². The summed E-state index contributed by atoms with van der Waals surface area (Å²) < 4.78 is 7.04. The van der Waals surface area contributed by atoms with Crippen LogP contribution in [0.15, 0.2) is 52.7 Å². The maximum absolute atomic E-state index is 12.3. The van der Waals surface area contributed by atoms with Crippen LogP contribution in [-0.2, 0) is 11.3 Å². The van der Waals surface area contributed by atoms with Crippen molar-refractivity contribution < 1.29 is 14.6 Å². The van der Waals surface area contributed by atoms with Gasteiger partial charge in [0.25, 0.3) is 5.91 Å². The molecule has 0 fully saturated rings. The van der Waals surface area contributed by atoms with Crippen molar-refractivity contribution in [1.82, 2.24) is 4.57 Å². The third-order valence-corrected chi connectivity index (χ3v) is 4.55. The summed E-state index contributed by atoms with van der Waals surface area (Å²) in [7, 11) is 0. The summed E-state index contributed by atoms with van der Waals surface area (Å²) in [5.41, 5.74) is 1.14. The summed E-state index contributed by atoms with van der Waals surface area (Å²) in [5.74, 6) is -0.724. The van der Waals surface area contributed by atoms with Gasteiger partial charge in [-0.3, -0.25) is 4.79 Å². The molecule has 3 rings (SSSR count). The number of azo groups is 1. The molecule has 0 saturated carbocycles. The van der Waals surface area contributed by atoms with Crippen molar-refractivity contribution in [2.24, 2.45) is 10.2 Å². The highest BCUT2D eigenvalue weighted by Gasteiger charge is 2.17. The monoisotopic (exact) mass is 405 g/mol. The molecule has 3 aromatic rings. The van der Waals surface area contributed by atoms with Gasteiger partial charge in [-0.2, -0.15) is 0 Å². The number of benzene rings is 2. The normalized spacial score (nSPS) is 11.5. The van der Waals surface area contributed by atoms with Crippen LogP contribution in [0.3, 0.4) is 0 Å². The van der Waals surface area contributed by atoms with E-state index in [-0.39, 0.29) is 22.2 Å². The Morgan fingerprint density at radius 2 is 2.00 bits per heavy atom. The van der Waals surface area contributed by atoms with E-state index >= 15 is 0 Å². The van der Waals surface area contributed by atoms with Gasteiger partial charge in [-0.1, -0.05) is 41.4 Å². The third-order valence-electron chi connectivity index (χ3n) is 3.98. The van der Waals surface area contributed by atoms with Crippen LogP contribution in [0.25, 0.3) is 10.9 Å². The van der Waals surface area contributed by atoms with E-state index in [4.69, 9.17) is 27.9 Å². The number of ether oxygens (including phenoxy) is 1. The van der Waals surface area contributed by atoms with Crippen molar-refractivity contribution in [2.75, 3.05) is 13.2 Å². The van der Waals surface area contributed by atoms with Crippen LogP contribution in [0.4, 0.5) is 5.69 Å². The Morgan fingerprint density at radius 3 is 2.78 bits per heavy atom. The van der Waals surface area contributed by atoms with Crippen molar-refractivity contribution in [2.45, 2.75) is 13.5 Å². The maximum Gasteiger partial charge on any atom is 0.296 e. The van der Waals surface area contributed by atoms with Gasteiger partial charge in [-0.25, -0.2) is 0 Å². The summed E-state index contributed by atoms with van der Waals surface area (Å²) in [5, 5.41) is 19.6. The van der Waals surface area contributed by atoms with Crippen molar-refractivity contribution in [1.29, 1.82) is 0 Å². The number of fused-ring (bicyclic) bond motifs is 1. The molecule has 1 aromatic heterocycles. The number of aromatic nitrogens is 1. The topological polar surface area (TPSA) is 76.2 Å². The standard InChI is InChI=1S/C19H17Cl2N3O3/c1-2-27-10-9-24-16-6-4-3-5-13(16)17(19(24)26)22-23-18(25)14-11-12(20)7-8-15(14)21/h3-8,11,26H,2,9-10H2,1H3. The Labute approximate surface area is 166 Å². The molecule has 0 aliphatic heterocycles. The second-order valence-corrected chi connectivity index (χ2v) is 6.51. The minimum atomic E-state index is -0.645. The van der Waals surface area contributed by atoms with Crippen LogP contribution in [0.2, 0.25) is 10.0 Å². The van der Waals surface area contributed by atoms with Crippen LogP contribution in [0.5, 0.6) is 5.88 Å². The van der Waals surface area contributed by atoms with Gasteiger partial charge in [0.05, 0.1) is 22.7 Å². The molecule has 0 aliphatic carbocycles. The molecule has 6 nitrogen and oxygen atoms in total.